The number of oxazole rings is 1. The maximum absolute atomic E-state index is 11.8. The fourth-order valence-corrected chi connectivity index (χ4v) is 3.66. The quantitative estimate of drug-likeness (QED) is 0.736. The molecule has 0 bridgehead atoms. The molecular weight excluding hydrogens is 230 g/mol. The smallest absolute Gasteiger partial charge is 0.213 e. The largest absolute Gasteiger partial charge is 0.447 e. The molecule has 0 saturated carbocycles. The van der Waals surface area contributed by atoms with Crippen LogP contribution in [0.25, 0.3) is 0 Å². The van der Waals surface area contributed by atoms with Gasteiger partial charge in [0, 0.05) is 6.92 Å². The molecule has 1 fully saturated rings. The summed E-state index contributed by atoms with van der Waals surface area (Å²) < 4.78 is 28.6. The highest BCUT2D eigenvalue weighted by atomic mass is 32.2. The highest BCUT2D eigenvalue weighted by molar-refractivity contribution is 7.91. The van der Waals surface area contributed by atoms with Gasteiger partial charge in [-0.2, -0.15) is 0 Å². The van der Waals surface area contributed by atoms with E-state index in [4.69, 9.17) is 4.42 Å². The van der Waals surface area contributed by atoms with Crippen molar-refractivity contribution < 1.29 is 17.6 Å². The van der Waals surface area contributed by atoms with E-state index in [0.29, 0.717) is 12.8 Å². The number of carbonyl (C=O) groups excluding carboxylic acids is 1. The molecule has 1 aromatic heterocycles. The SMILES string of the molecule is CC(=O)c1coc(C2CCCCS2(=O)=O)n1. The van der Waals surface area contributed by atoms with Gasteiger partial charge in [0.05, 0.1) is 5.75 Å². The maximum atomic E-state index is 11.8. The summed E-state index contributed by atoms with van der Waals surface area (Å²) in [7, 11) is -3.16. The molecule has 1 aliphatic rings. The molecule has 0 N–H and O–H groups in total. The standard InChI is InChI=1S/C10H13NO4S/c1-7(12)8-6-15-10(11-8)9-4-2-3-5-16(9,13)14/h6,9H,2-5H2,1H3. The predicted molar refractivity (Wildman–Crippen MR) is 56.9 cm³/mol. The van der Waals surface area contributed by atoms with Gasteiger partial charge < -0.3 is 4.42 Å². The Balaban J connectivity index is 2.32. The Kier molecular flexibility index (Phi) is 2.84. The topological polar surface area (TPSA) is 77.2 Å². The highest BCUT2D eigenvalue weighted by Gasteiger charge is 2.34. The number of carbonyl (C=O) groups is 1. The van der Waals surface area contributed by atoms with Crippen molar-refractivity contribution >= 4 is 15.6 Å². The molecule has 5 nitrogen and oxygen atoms in total. The number of ketones is 1. The fourth-order valence-electron chi connectivity index (χ4n) is 1.83. The zero-order valence-electron chi connectivity index (χ0n) is 8.97. The number of hydrogen-bond acceptors (Lipinski definition) is 5. The predicted octanol–water partition coefficient (Wildman–Crippen LogP) is 1.52. The molecule has 16 heavy (non-hydrogen) atoms. The summed E-state index contributed by atoms with van der Waals surface area (Å²) >= 11 is 0. The molecular formula is C10H13NO4S. The average Bonchev–Trinajstić information content (AvgIpc) is 2.65. The first-order chi connectivity index (χ1) is 7.50. The van der Waals surface area contributed by atoms with Gasteiger partial charge in [-0.05, 0) is 12.8 Å². The molecule has 0 aromatic carbocycles. The van der Waals surface area contributed by atoms with Crippen LogP contribution in [0.4, 0.5) is 0 Å². The summed E-state index contributed by atoms with van der Waals surface area (Å²) in [5.74, 6) is 0.114. The van der Waals surface area contributed by atoms with E-state index in [-0.39, 0.29) is 23.1 Å². The van der Waals surface area contributed by atoms with Crippen molar-refractivity contribution in [1.82, 2.24) is 4.98 Å². The fraction of sp³-hybridized carbons (Fsp3) is 0.600. The van der Waals surface area contributed by atoms with Crippen molar-refractivity contribution in [1.29, 1.82) is 0 Å². The third kappa shape index (κ3) is 2.02. The molecule has 1 aromatic rings. The second kappa shape index (κ2) is 4.01. The van der Waals surface area contributed by atoms with E-state index in [0.717, 1.165) is 6.42 Å². The van der Waals surface area contributed by atoms with E-state index in [2.05, 4.69) is 4.98 Å². The molecule has 0 aliphatic carbocycles. The van der Waals surface area contributed by atoms with Crippen molar-refractivity contribution in [2.24, 2.45) is 0 Å². The molecule has 1 aliphatic heterocycles. The molecule has 0 spiro atoms. The van der Waals surface area contributed by atoms with Gasteiger partial charge in [-0.15, -0.1) is 0 Å². The van der Waals surface area contributed by atoms with E-state index in [1.807, 2.05) is 0 Å². The van der Waals surface area contributed by atoms with Gasteiger partial charge in [-0.1, -0.05) is 6.42 Å². The van der Waals surface area contributed by atoms with E-state index in [9.17, 15) is 13.2 Å². The summed E-state index contributed by atoms with van der Waals surface area (Å²) in [5.41, 5.74) is 0.191. The van der Waals surface area contributed by atoms with Crippen LogP contribution in [-0.4, -0.2) is 24.9 Å². The van der Waals surface area contributed by atoms with Crippen molar-refractivity contribution in [2.75, 3.05) is 5.75 Å². The zero-order chi connectivity index (χ0) is 11.8. The summed E-state index contributed by atoms with van der Waals surface area (Å²) in [6, 6.07) is 0. The van der Waals surface area contributed by atoms with E-state index in [1.54, 1.807) is 0 Å². The van der Waals surface area contributed by atoms with E-state index >= 15 is 0 Å². The van der Waals surface area contributed by atoms with Crippen LogP contribution in [0.1, 0.15) is 47.8 Å². The van der Waals surface area contributed by atoms with Crippen LogP contribution >= 0.6 is 0 Å². The van der Waals surface area contributed by atoms with Crippen LogP contribution in [0.15, 0.2) is 10.7 Å². The zero-order valence-corrected chi connectivity index (χ0v) is 9.79. The van der Waals surface area contributed by atoms with Crippen molar-refractivity contribution in [3.05, 3.63) is 17.8 Å². The van der Waals surface area contributed by atoms with Crippen molar-refractivity contribution in [2.45, 2.75) is 31.4 Å². The minimum Gasteiger partial charge on any atom is -0.447 e. The third-order valence-corrected chi connectivity index (χ3v) is 4.90. The molecule has 1 unspecified atom stereocenters. The van der Waals surface area contributed by atoms with Gasteiger partial charge in [0.25, 0.3) is 0 Å². The monoisotopic (exact) mass is 243 g/mol. The first-order valence-electron chi connectivity index (χ1n) is 5.18. The Labute approximate surface area is 93.8 Å². The molecule has 88 valence electrons. The van der Waals surface area contributed by atoms with Crippen LogP contribution in [0.3, 0.4) is 0 Å². The van der Waals surface area contributed by atoms with E-state index in [1.165, 1.54) is 13.2 Å². The molecule has 2 heterocycles. The Hall–Kier alpha value is -1.17. The number of nitrogens with zero attached hydrogens (tertiary/aromatic N) is 1. The number of aromatic nitrogens is 1. The lowest BCUT2D eigenvalue weighted by molar-refractivity contribution is 0.101. The Bertz CT molecular complexity index is 503. The molecule has 0 radical (unpaired) electrons. The Morgan fingerprint density at radius 3 is 2.81 bits per heavy atom. The number of hydrogen-bond donors (Lipinski definition) is 0. The van der Waals surface area contributed by atoms with Gasteiger partial charge in [-0.3, -0.25) is 4.79 Å². The highest BCUT2D eigenvalue weighted by Crippen LogP contribution is 2.32. The number of sulfone groups is 1. The second-order valence-corrected chi connectivity index (χ2v) is 6.28. The van der Waals surface area contributed by atoms with Crippen LogP contribution in [0.2, 0.25) is 0 Å². The number of rotatable bonds is 2. The van der Waals surface area contributed by atoms with Crippen LogP contribution in [0.5, 0.6) is 0 Å². The Morgan fingerprint density at radius 2 is 2.25 bits per heavy atom. The van der Waals surface area contributed by atoms with Crippen molar-refractivity contribution in [3.63, 3.8) is 0 Å². The average molecular weight is 243 g/mol. The van der Waals surface area contributed by atoms with Gasteiger partial charge >= 0.3 is 0 Å². The lowest BCUT2D eigenvalue weighted by atomic mass is 10.2. The first kappa shape index (κ1) is 11.3. The van der Waals surface area contributed by atoms with Gasteiger partial charge in [0.2, 0.25) is 5.89 Å². The third-order valence-electron chi connectivity index (χ3n) is 2.74. The Morgan fingerprint density at radius 1 is 1.50 bits per heavy atom. The molecule has 2 rings (SSSR count). The van der Waals surface area contributed by atoms with Gasteiger partial charge in [0.15, 0.2) is 15.6 Å². The summed E-state index contributed by atoms with van der Waals surface area (Å²) in [6.07, 6.45) is 3.29. The molecule has 6 heteroatoms. The second-order valence-electron chi connectivity index (χ2n) is 3.98. The molecule has 1 atom stereocenters. The molecule has 0 amide bonds. The van der Waals surface area contributed by atoms with Gasteiger partial charge in [0.1, 0.15) is 17.2 Å². The summed E-state index contributed by atoms with van der Waals surface area (Å²) in [6.45, 7) is 1.37. The minimum atomic E-state index is -3.16. The van der Waals surface area contributed by atoms with E-state index < -0.39 is 15.1 Å². The first-order valence-corrected chi connectivity index (χ1v) is 6.90. The summed E-state index contributed by atoms with van der Waals surface area (Å²) in [5, 5.41) is -0.672. The van der Waals surface area contributed by atoms with Crippen molar-refractivity contribution in [3.8, 4) is 0 Å². The van der Waals surface area contributed by atoms with Crippen LogP contribution in [-0.2, 0) is 9.84 Å². The molecule has 1 saturated heterocycles. The van der Waals surface area contributed by atoms with Crippen LogP contribution in [0, 0.1) is 0 Å². The lowest BCUT2D eigenvalue weighted by Gasteiger charge is -2.18. The summed E-state index contributed by atoms with van der Waals surface area (Å²) in [4.78, 5) is 15.0. The minimum absolute atomic E-state index is 0.157. The van der Waals surface area contributed by atoms with Crippen LogP contribution < -0.4 is 0 Å². The van der Waals surface area contributed by atoms with Gasteiger partial charge in [-0.25, -0.2) is 13.4 Å². The number of Topliss-reactive ketones (excluding diaryl/α,β-unsaturated/α-hetero) is 1. The normalized spacial score (nSPS) is 24.2. The lowest BCUT2D eigenvalue weighted by Crippen LogP contribution is -2.21. The maximum Gasteiger partial charge on any atom is 0.213 e.